The molecule has 0 saturated carbocycles. The van der Waals surface area contributed by atoms with E-state index in [1.54, 1.807) is 0 Å². The maximum atomic E-state index is 9.83. The van der Waals surface area contributed by atoms with Crippen molar-refractivity contribution in [3.05, 3.63) is 21.2 Å². The predicted octanol–water partition coefficient (Wildman–Crippen LogP) is 1.58. The highest BCUT2D eigenvalue weighted by molar-refractivity contribution is 9.10. The molecule has 5 heteroatoms. The van der Waals surface area contributed by atoms with Crippen LogP contribution in [0.2, 0.25) is 0 Å². The van der Waals surface area contributed by atoms with Crippen molar-refractivity contribution in [1.29, 1.82) is 0 Å². The van der Waals surface area contributed by atoms with Crippen molar-refractivity contribution in [2.45, 2.75) is 18.3 Å². The van der Waals surface area contributed by atoms with Gasteiger partial charge in [0.2, 0.25) is 0 Å². The Bertz CT molecular complexity index is 510. The maximum Gasteiger partial charge on any atom is 0.137 e. The molecule has 1 aromatic rings. The standard InChI is InChI=1S/C14H15BrO4/c15-11-9-2-4-18-12(9)10(8-1-3-19-13(8)11)14(5-16)6-17-7-14/h16H,1-7H2. The lowest BCUT2D eigenvalue weighted by Crippen LogP contribution is -2.50. The molecule has 0 radical (unpaired) electrons. The first kappa shape index (κ1) is 12.0. The average molecular weight is 327 g/mol. The van der Waals surface area contributed by atoms with Crippen LogP contribution in [0.5, 0.6) is 11.5 Å². The van der Waals surface area contributed by atoms with Gasteiger partial charge in [0.15, 0.2) is 0 Å². The van der Waals surface area contributed by atoms with Crippen molar-refractivity contribution >= 4 is 15.9 Å². The summed E-state index contributed by atoms with van der Waals surface area (Å²) in [5, 5.41) is 9.83. The van der Waals surface area contributed by atoms with Gasteiger partial charge in [-0.05, 0) is 15.9 Å². The molecule has 19 heavy (non-hydrogen) atoms. The minimum absolute atomic E-state index is 0.0941. The van der Waals surface area contributed by atoms with Gasteiger partial charge in [0, 0.05) is 29.5 Å². The Morgan fingerprint density at radius 1 is 1.05 bits per heavy atom. The van der Waals surface area contributed by atoms with Crippen LogP contribution in [0.25, 0.3) is 0 Å². The lowest BCUT2D eigenvalue weighted by Gasteiger charge is -2.42. The third kappa shape index (κ3) is 1.46. The molecule has 1 N–H and O–H groups in total. The lowest BCUT2D eigenvalue weighted by atomic mass is 9.75. The van der Waals surface area contributed by atoms with Crippen molar-refractivity contribution in [2.75, 3.05) is 33.0 Å². The first-order chi connectivity index (χ1) is 9.27. The largest absolute Gasteiger partial charge is 0.493 e. The van der Waals surface area contributed by atoms with E-state index in [0.29, 0.717) is 26.4 Å². The van der Waals surface area contributed by atoms with Gasteiger partial charge in [-0.15, -0.1) is 0 Å². The maximum absolute atomic E-state index is 9.83. The Labute approximate surface area is 119 Å². The fraction of sp³-hybridized carbons (Fsp3) is 0.571. The third-order valence-electron chi connectivity index (χ3n) is 4.33. The van der Waals surface area contributed by atoms with E-state index < -0.39 is 0 Å². The van der Waals surface area contributed by atoms with E-state index in [1.165, 1.54) is 11.1 Å². The minimum atomic E-state index is -0.299. The van der Waals surface area contributed by atoms with Gasteiger partial charge in [-0.3, -0.25) is 0 Å². The molecule has 4 nitrogen and oxygen atoms in total. The first-order valence-corrected chi connectivity index (χ1v) is 7.38. The minimum Gasteiger partial charge on any atom is -0.493 e. The van der Waals surface area contributed by atoms with Crippen molar-refractivity contribution in [3.8, 4) is 11.5 Å². The molecular weight excluding hydrogens is 312 g/mol. The molecule has 1 saturated heterocycles. The van der Waals surface area contributed by atoms with E-state index in [1.807, 2.05) is 0 Å². The number of hydrogen-bond acceptors (Lipinski definition) is 4. The number of rotatable bonds is 2. The quantitative estimate of drug-likeness (QED) is 0.896. The van der Waals surface area contributed by atoms with Crippen LogP contribution in [0, 0.1) is 0 Å². The molecule has 0 amide bonds. The zero-order valence-corrected chi connectivity index (χ0v) is 12.1. The lowest BCUT2D eigenvalue weighted by molar-refractivity contribution is -0.0853. The highest BCUT2D eigenvalue weighted by atomic mass is 79.9. The molecule has 0 bridgehead atoms. The Morgan fingerprint density at radius 2 is 1.74 bits per heavy atom. The Hall–Kier alpha value is -0.780. The van der Waals surface area contributed by atoms with Gasteiger partial charge in [-0.25, -0.2) is 0 Å². The normalized spacial score (nSPS) is 22.2. The van der Waals surface area contributed by atoms with Crippen LogP contribution in [0.3, 0.4) is 0 Å². The topological polar surface area (TPSA) is 47.9 Å². The van der Waals surface area contributed by atoms with Crippen molar-refractivity contribution in [3.63, 3.8) is 0 Å². The zero-order valence-electron chi connectivity index (χ0n) is 10.5. The molecule has 0 aromatic heterocycles. The van der Waals surface area contributed by atoms with Gasteiger partial charge in [-0.2, -0.15) is 0 Å². The Kier molecular flexibility index (Phi) is 2.59. The van der Waals surface area contributed by atoms with Gasteiger partial charge in [-0.1, -0.05) is 0 Å². The van der Waals surface area contributed by atoms with E-state index in [4.69, 9.17) is 14.2 Å². The summed E-state index contributed by atoms with van der Waals surface area (Å²) in [6.45, 7) is 2.62. The van der Waals surface area contributed by atoms with E-state index in [2.05, 4.69) is 15.9 Å². The van der Waals surface area contributed by atoms with Gasteiger partial charge in [0.05, 0.1) is 42.9 Å². The molecule has 4 rings (SSSR count). The third-order valence-corrected chi connectivity index (χ3v) is 5.17. The monoisotopic (exact) mass is 326 g/mol. The summed E-state index contributed by atoms with van der Waals surface area (Å²) >= 11 is 3.65. The highest BCUT2D eigenvalue weighted by Crippen LogP contribution is 2.52. The summed E-state index contributed by atoms with van der Waals surface area (Å²) in [5.74, 6) is 1.90. The van der Waals surface area contributed by atoms with Crippen LogP contribution in [0.4, 0.5) is 0 Å². The van der Waals surface area contributed by atoms with Crippen LogP contribution in [-0.2, 0) is 23.0 Å². The van der Waals surface area contributed by atoms with Gasteiger partial charge in [0.25, 0.3) is 0 Å². The smallest absolute Gasteiger partial charge is 0.137 e. The first-order valence-electron chi connectivity index (χ1n) is 6.59. The number of fused-ring (bicyclic) bond motifs is 2. The second-order valence-corrected chi connectivity index (χ2v) is 6.23. The average Bonchev–Trinajstić information content (AvgIpc) is 3.01. The van der Waals surface area contributed by atoms with E-state index in [0.717, 1.165) is 34.4 Å². The molecule has 3 heterocycles. The molecule has 3 aliphatic heterocycles. The van der Waals surface area contributed by atoms with Gasteiger partial charge in [0.1, 0.15) is 11.5 Å². The molecule has 0 spiro atoms. The summed E-state index contributed by atoms with van der Waals surface area (Å²) in [7, 11) is 0. The SMILES string of the molecule is OCC1(c2c3c(c(Br)c4c2OCC4)OCC3)COC1. The van der Waals surface area contributed by atoms with Crippen LogP contribution < -0.4 is 9.47 Å². The van der Waals surface area contributed by atoms with Crippen LogP contribution in [-0.4, -0.2) is 38.1 Å². The number of aliphatic hydroxyl groups is 1. The van der Waals surface area contributed by atoms with Crippen molar-refractivity contribution < 1.29 is 19.3 Å². The number of benzene rings is 1. The molecule has 102 valence electrons. The summed E-state index contributed by atoms with van der Waals surface area (Å²) in [4.78, 5) is 0. The molecule has 0 unspecified atom stereocenters. The zero-order chi connectivity index (χ0) is 13.0. The molecule has 0 aliphatic carbocycles. The summed E-state index contributed by atoms with van der Waals surface area (Å²) in [6.07, 6.45) is 1.77. The van der Waals surface area contributed by atoms with Crippen LogP contribution in [0.15, 0.2) is 4.47 Å². The summed E-state index contributed by atoms with van der Waals surface area (Å²) in [6, 6.07) is 0. The highest BCUT2D eigenvalue weighted by Gasteiger charge is 2.47. The van der Waals surface area contributed by atoms with Crippen LogP contribution >= 0.6 is 15.9 Å². The molecule has 3 aliphatic rings. The Balaban J connectivity index is 2.00. The number of aliphatic hydroxyl groups excluding tert-OH is 1. The fourth-order valence-electron chi connectivity index (χ4n) is 3.28. The van der Waals surface area contributed by atoms with Gasteiger partial charge < -0.3 is 19.3 Å². The molecule has 1 aromatic carbocycles. The number of ether oxygens (including phenoxy) is 3. The second-order valence-electron chi connectivity index (χ2n) is 5.43. The van der Waals surface area contributed by atoms with E-state index in [9.17, 15) is 5.11 Å². The fourth-order valence-corrected chi connectivity index (χ4v) is 4.01. The predicted molar refractivity (Wildman–Crippen MR) is 72.1 cm³/mol. The molecular formula is C14H15BrO4. The summed E-state index contributed by atoms with van der Waals surface area (Å²) < 4.78 is 18.0. The van der Waals surface area contributed by atoms with E-state index >= 15 is 0 Å². The second kappa shape index (κ2) is 4.11. The number of halogens is 1. The molecule has 1 fully saturated rings. The van der Waals surface area contributed by atoms with Crippen molar-refractivity contribution in [2.24, 2.45) is 0 Å². The molecule has 0 atom stereocenters. The summed E-state index contributed by atoms with van der Waals surface area (Å²) in [5.41, 5.74) is 3.19. The Morgan fingerprint density at radius 3 is 2.37 bits per heavy atom. The van der Waals surface area contributed by atoms with Gasteiger partial charge >= 0.3 is 0 Å². The van der Waals surface area contributed by atoms with E-state index in [-0.39, 0.29) is 12.0 Å². The van der Waals surface area contributed by atoms with Crippen molar-refractivity contribution in [1.82, 2.24) is 0 Å². The number of hydrogen-bond donors (Lipinski definition) is 1. The van der Waals surface area contributed by atoms with Crippen LogP contribution in [0.1, 0.15) is 16.7 Å².